The number of methoxy groups -OCH3 is 1. The van der Waals surface area contributed by atoms with Gasteiger partial charge in [0.15, 0.2) is 0 Å². The Bertz CT molecular complexity index is 182. The van der Waals surface area contributed by atoms with Crippen LogP contribution in [0.5, 0.6) is 0 Å². The quantitative estimate of drug-likeness (QED) is 0.629. The minimum absolute atomic E-state index is 0.929. The first-order valence-corrected chi connectivity index (χ1v) is 5.50. The number of hydrogen-bond donors (Lipinski definition) is 0. The van der Waals surface area contributed by atoms with Gasteiger partial charge in [0.2, 0.25) is 0 Å². The van der Waals surface area contributed by atoms with Crippen LogP contribution in [0, 0.1) is 5.92 Å². The first kappa shape index (κ1) is 10.6. The molecular weight excluding hydrogens is 160 g/mol. The molecule has 0 heterocycles. The van der Waals surface area contributed by atoms with Gasteiger partial charge in [0, 0.05) is 6.42 Å². The van der Waals surface area contributed by atoms with Crippen molar-refractivity contribution in [1.82, 2.24) is 0 Å². The zero-order valence-electron chi connectivity index (χ0n) is 9.23. The molecule has 0 N–H and O–H groups in total. The maximum Gasteiger partial charge on any atom is 0.0944 e. The standard InChI is InChI=1S/C12H22O/c1-4-11-7-5-6-10(2)12(13-3)9-8-11/h11H,4-9H2,1-3H3. The summed E-state index contributed by atoms with van der Waals surface area (Å²) in [5, 5.41) is 0. The van der Waals surface area contributed by atoms with Gasteiger partial charge < -0.3 is 4.74 Å². The fraction of sp³-hybridized carbons (Fsp3) is 0.833. The van der Waals surface area contributed by atoms with Crippen LogP contribution in [0.1, 0.15) is 52.4 Å². The van der Waals surface area contributed by atoms with Crippen LogP contribution in [0.4, 0.5) is 0 Å². The molecule has 1 nitrogen and oxygen atoms in total. The highest BCUT2D eigenvalue weighted by atomic mass is 16.5. The molecule has 1 unspecified atom stereocenters. The summed E-state index contributed by atoms with van der Waals surface area (Å²) >= 11 is 0. The van der Waals surface area contributed by atoms with Crippen LogP contribution >= 0.6 is 0 Å². The molecule has 0 saturated carbocycles. The van der Waals surface area contributed by atoms with E-state index < -0.39 is 0 Å². The van der Waals surface area contributed by atoms with Crippen LogP contribution in [0.3, 0.4) is 0 Å². The summed E-state index contributed by atoms with van der Waals surface area (Å²) in [6.07, 6.45) is 7.79. The lowest BCUT2D eigenvalue weighted by molar-refractivity contribution is 0.252. The Morgan fingerprint density at radius 3 is 2.69 bits per heavy atom. The molecule has 0 radical (unpaired) electrons. The average Bonchev–Trinajstić information content (AvgIpc) is 2.12. The van der Waals surface area contributed by atoms with E-state index in [0.29, 0.717) is 0 Å². The average molecular weight is 182 g/mol. The monoisotopic (exact) mass is 182 g/mol. The zero-order chi connectivity index (χ0) is 9.68. The van der Waals surface area contributed by atoms with Crippen molar-refractivity contribution in [3.05, 3.63) is 11.3 Å². The van der Waals surface area contributed by atoms with Crippen molar-refractivity contribution >= 4 is 0 Å². The predicted octanol–water partition coefficient (Wildman–Crippen LogP) is 3.90. The van der Waals surface area contributed by atoms with Gasteiger partial charge in [0.1, 0.15) is 0 Å². The van der Waals surface area contributed by atoms with E-state index >= 15 is 0 Å². The van der Waals surface area contributed by atoms with Crippen molar-refractivity contribution in [3.8, 4) is 0 Å². The van der Waals surface area contributed by atoms with Crippen molar-refractivity contribution in [3.63, 3.8) is 0 Å². The predicted molar refractivity (Wildman–Crippen MR) is 56.6 cm³/mol. The third-order valence-electron chi connectivity index (χ3n) is 3.24. The molecule has 1 heteroatoms. The zero-order valence-corrected chi connectivity index (χ0v) is 9.23. The highest BCUT2D eigenvalue weighted by molar-refractivity contribution is 5.06. The van der Waals surface area contributed by atoms with Crippen molar-refractivity contribution in [2.45, 2.75) is 52.4 Å². The lowest BCUT2D eigenvalue weighted by atomic mass is 9.89. The summed E-state index contributed by atoms with van der Waals surface area (Å²) in [5.74, 6) is 2.18. The largest absolute Gasteiger partial charge is 0.501 e. The molecule has 0 aromatic heterocycles. The van der Waals surface area contributed by atoms with Crippen LogP contribution in [0.25, 0.3) is 0 Å². The van der Waals surface area contributed by atoms with E-state index in [0.717, 1.165) is 12.3 Å². The second-order valence-electron chi connectivity index (χ2n) is 4.11. The van der Waals surface area contributed by atoms with Gasteiger partial charge >= 0.3 is 0 Å². The Morgan fingerprint density at radius 1 is 1.31 bits per heavy atom. The Hall–Kier alpha value is -0.460. The summed E-state index contributed by atoms with van der Waals surface area (Å²) in [7, 11) is 1.81. The summed E-state index contributed by atoms with van der Waals surface area (Å²) in [4.78, 5) is 0. The molecule has 0 bridgehead atoms. The Kier molecular flexibility index (Phi) is 4.34. The summed E-state index contributed by atoms with van der Waals surface area (Å²) < 4.78 is 5.41. The van der Waals surface area contributed by atoms with Gasteiger partial charge in [-0.25, -0.2) is 0 Å². The van der Waals surface area contributed by atoms with E-state index in [2.05, 4.69) is 13.8 Å². The molecule has 0 aromatic rings. The number of rotatable bonds is 2. The first-order chi connectivity index (χ1) is 6.27. The minimum atomic E-state index is 0.929. The number of hydrogen-bond acceptors (Lipinski definition) is 1. The molecule has 0 aliphatic heterocycles. The second kappa shape index (κ2) is 5.31. The van der Waals surface area contributed by atoms with Gasteiger partial charge in [-0.2, -0.15) is 0 Å². The van der Waals surface area contributed by atoms with Crippen LogP contribution in [0.15, 0.2) is 11.3 Å². The third kappa shape index (κ3) is 3.06. The van der Waals surface area contributed by atoms with Gasteiger partial charge in [-0.1, -0.05) is 19.8 Å². The minimum Gasteiger partial charge on any atom is -0.501 e. The molecule has 1 atom stereocenters. The van der Waals surface area contributed by atoms with Crippen LogP contribution in [-0.4, -0.2) is 7.11 Å². The lowest BCUT2D eigenvalue weighted by Gasteiger charge is -2.20. The molecule has 0 amide bonds. The van der Waals surface area contributed by atoms with Crippen LogP contribution in [0.2, 0.25) is 0 Å². The van der Waals surface area contributed by atoms with Gasteiger partial charge in [-0.05, 0) is 37.7 Å². The topological polar surface area (TPSA) is 9.23 Å². The molecule has 1 aliphatic carbocycles. The molecular formula is C12H22O. The molecule has 1 aliphatic rings. The number of allylic oxidation sites excluding steroid dienone is 2. The molecule has 0 aromatic carbocycles. The smallest absolute Gasteiger partial charge is 0.0944 e. The van der Waals surface area contributed by atoms with Crippen molar-refractivity contribution < 1.29 is 4.74 Å². The highest BCUT2D eigenvalue weighted by Gasteiger charge is 2.13. The molecule has 76 valence electrons. The summed E-state index contributed by atoms with van der Waals surface area (Å²) in [6.45, 7) is 4.51. The van der Waals surface area contributed by atoms with E-state index in [4.69, 9.17) is 4.74 Å². The second-order valence-corrected chi connectivity index (χ2v) is 4.11. The van der Waals surface area contributed by atoms with E-state index in [1.807, 2.05) is 0 Å². The maximum absolute atomic E-state index is 5.41. The molecule has 1 rings (SSSR count). The van der Waals surface area contributed by atoms with Gasteiger partial charge in [-0.15, -0.1) is 0 Å². The maximum atomic E-state index is 5.41. The van der Waals surface area contributed by atoms with Gasteiger partial charge in [0.25, 0.3) is 0 Å². The van der Waals surface area contributed by atoms with Crippen molar-refractivity contribution in [2.24, 2.45) is 5.92 Å². The Morgan fingerprint density at radius 2 is 2.08 bits per heavy atom. The summed E-state index contributed by atoms with van der Waals surface area (Å²) in [5.41, 5.74) is 1.47. The fourth-order valence-electron chi connectivity index (χ4n) is 2.17. The highest BCUT2D eigenvalue weighted by Crippen LogP contribution is 2.28. The molecule has 0 fully saturated rings. The molecule has 0 saturated heterocycles. The van der Waals surface area contributed by atoms with E-state index in [1.54, 1.807) is 7.11 Å². The van der Waals surface area contributed by atoms with Gasteiger partial charge in [0.05, 0.1) is 12.9 Å². The number of ether oxygens (including phenoxy) is 1. The van der Waals surface area contributed by atoms with E-state index in [-0.39, 0.29) is 0 Å². The summed E-state index contributed by atoms with van der Waals surface area (Å²) in [6, 6.07) is 0. The fourth-order valence-corrected chi connectivity index (χ4v) is 2.17. The first-order valence-electron chi connectivity index (χ1n) is 5.50. The van der Waals surface area contributed by atoms with Gasteiger partial charge in [-0.3, -0.25) is 0 Å². The SMILES string of the molecule is CCC1CCCC(C)=C(OC)CC1. The Balaban J connectivity index is 2.56. The van der Waals surface area contributed by atoms with E-state index in [1.165, 1.54) is 43.4 Å². The molecule has 13 heavy (non-hydrogen) atoms. The van der Waals surface area contributed by atoms with E-state index in [9.17, 15) is 0 Å². The normalized spacial score (nSPS) is 25.3. The van der Waals surface area contributed by atoms with Crippen LogP contribution in [-0.2, 0) is 4.74 Å². The van der Waals surface area contributed by atoms with Crippen molar-refractivity contribution in [2.75, 3.05) is 7.11 Å². The molecule has 0 spiro atoms. The Labute approximate surface area is 82.2 Å². The lowest BCUT2D eigenvalue weighted by Crippen LogP contribution is -2.05. The third-order valence-corrected chi connectivity index (χ3v) is 3.24. The van der Waals surface area contributed by atoms with Crippen molar-refractivity contribution in [1.29, 1.82) is 0 Å². The van der Waals surface area contributed by atoms with Crippen LogP contribution < -0.4 is 0 Å².